The topological polar surface area (TPSA) is 78.8 Å². The van der Waals surface area contributed by atoms with E-state index in [-0.39, 0.29) is 12.3 Å². The third-order valence-electron chi connectivity index (χ3n) is 3.01. The number of benzene rings is 1. The minimum atomic E-state index is -0.997. The van der Waals surface area contributed by atoms with Crippen molar-refractivity contribution in [3.8, 4) is 5.75 Å². The molecule has 0 radical (unpaired) electrons. The molecule has 18 heavy (non-hydrogen) atoms. The minimum Gasteiger partial charge on any atom is -0.492 e. The van der Waals surface area contributed by atoms with Crippen molar-refractivity contribution in [2.75, 3.05) is 20.2 Å². The van der Waals surface area contributed by atoms with E-state index in [4.69, 9.17) is 4.74 Å². The molecule has 98 valence electrons. The molecule has 0 saturated carbocycles. The molecule has 5 nitrogen and oxygen atoms in total. The minimum absolute atomic E-state index is 0.0491. The Morgan fingerprint density at radius 2 is 2.22 bits per heavy atom. The number of rotatable bonds is 4. The van der Waals surface area contributed by atoms with Gasteiger partial charge in [-0.2, -0.15) is 0 Å². The fourth-order valence-corrected chi connectivity index (χ4v) is 2.00. The molecule has 2 unspecified atom stereocenters. The summed E-state index contributed by atoms with van der Waals surface area (Å²) in [6, 6.07) is 4.91. The van der Waals surface area contributed by atoms with Gasteiger partial charge in [-0.1, -0.05) is 6.07 Å². The van der Waals surface area contributed by atoms with Gasteiger partial charge in [0.05, 0.1) is 18.3 Å². The number of hydrogen-bond donors (Lipinski definition) is 3. The lowest BCUT2D eigenvalue weighted by Crippen LogP contribution is -2.29. The predicted molar refractivity (Wildman–Crippen MR) is 65.8 cm³/mol. The highest BCUT2D eigenvalue weighted by Gasteiger charge is 2.22. The molecule has 0 spiro atoms. The van der Waals surface area contributed by atoms with Crippen molar-refractivity contribution >= 4 is 5.78 Å². The van der Waals surface area contributed by atoms with Crippen LogP contribution in [0.3, 0.4) is 0 Å². The molecule has 1 aromatic rings. The Hall–Kier alpha value is -1.43. The molecule has 2 atom stereocenters. The van der Waals surface area contributed by atoms with Crippen LogP contribution in [0.5, 0.6) is 5.75 Å². The first kappa shape index (κ1) is 13.0. The SMILES string of the molecule is CNCC(O)C(O)c1ccc2c(c1)OCCC2=O. The van der Waals surface area contributed by atoms with E-state index in [1.165, 1.54) is 0 Å². The molecule has 0 aromatic heterocycles. The molecular weight excluding hydrogens is 234 g/mol. The monoisotopic (exact) mass is 251 g/mol. The second-order valence-electron chi connectivity index (χ2n) is 4.35. The summed E-state index contributed by atoms with van der Waals surface area (Å²) in [7, 11) is 1.70. The van der Waals surface area contributed by atoms with Gasteiger partial charge in [0.1, 0.15) is 11.9 Å². The molecule has 0 saturated heterocycles. The van der Waals surface area contributed by atoms with E-state index in [0.29, 0.717) is 29.9 Å². The van der Waals surface area contributed by atoms with Crippen molar-refractivity contribution in [2.45, 2.75) is 18.6 Å². The second kappa shape index (κ2) is 5.48. The average Bonchev–Trinajstić information content (AvgIpc) is 2.38. The zero-order chi connectivity index (χ0) is 13.1. The molecule has 2 rings (SSSR count). The van der Waals surface area contributed by atoms with Crippen LogP contribution in [0.1, 0.15) is 28.4 Å². The number of fused-ring (bicyclic) bond motifs is 1. The molecule has 1 aliphatic heterocycles. The van der Waals surface area contributed by atoms with E-state index in [1.807, 2.05) is 0 Å². The Kier molecular flexibility index (Phi) is 3.96. The van der Waals surface area contributed by atoms with Crippen LogP contribution in [0.4, 0.5) is 0 Å². The number of aliphatic hydroxyl groups is 2. The maximum Gasteiger partial charge on any atom is 0.169 e. The van der Waals surface area contributed by atoms with Gasteiger partial charge in [0, 0.05) is 13.0 Å². The number of ketones is 1. The van der Waals surface area contributed by atoms with Gasteiger partial charge in [-0.05, 0) is 24.7 Å². The van der Waals surface area contributed by atoms with Crippen LogP contribution in [0, 0.1) is 0 Å². The molecule has 1 aromatic carbocycles. The fraction of sp³-hybridized carbons (Fsp3) is 0.462. The first-order valence-corrected chi connectivity index (χ1v) is 5.94. The van der Waals surface area contributed by atoms with Crippen LogP contribution in [0.25, 0.3) is 0 Å². The standard InChI is InChI=1S/C13H17NO4/c1-14-7-11(16)13(17)8-2-3-9-10(15)4-5-18-12(9)6-8/h2-3,6,11,13-14,16-17H,4-5,7H2,1H3. The van der Waals surface area contributed by atoms with Gasteiger partial charge in [-0.15, -0.1) is 0 Å². The number of carbonyl (C=O) groups excluding carboxylic acids is 1. The van der Waals surface area contributed by atoms with Crippen LogP contribution in [0.15, 0.2) is 18.2 Å². The van der Waals surface area contributed by atoms with Crippen LogP contribution in [0.2, 0.25) is 0 Å². The lowest BCUT2D eigenvalue weighted by Gasteiger charge is -2.21. The number of carbonyl (C=O) groups is 1. The van der Waals surface area contributed by atoms with Crippen molar-refractivity contribution < 1.29 is 19.7 Å². The predicted octanol–water partition coefficient (Wildman–Crippen LogP) is 0.265. The van der Waals surface area contributed by atoms with E-state index in [2.05, 4.69) is 5.32 Å². The highest BCUT2D eigenvalue weighted by atomic mass is 16.5. The number of aliphatic hydroxyl groups excluding tert-OH is 2. The number of hydrogen-bond acceptors (Lipinski definition) is 5. The first-order chi connectivity index (χ1) is 8.63. The summed E-state index contributed by atoms with van der Waals surface area (Å²) < 4.78 is 5.40. The zero-order valence-corrected chi connectivity index (χ0v) is 10.2. The van der Waals surface area contributed by atoms with Gasteiger partial charge in [0.2, 0.25) is 0 Å². The summed E-state index contributed by atoms with van der Waals surface area (Å²) in [5.41, 5.74) is 1.09. The third kappa shape index (κ3) is 2.53. The lowest BCUT2D eigenvalue weighted by atomic mass is 9.98. The summed E-state index contributed by atoms with van der Waals surface area (Å²) in [5, 5.41) is 22.5. The van der Waals surface area contributed by atoms with Gasteiger partial charge in [-0.3, -0.25) is 4.79 Å². The molecule has 0 amide bonds. The maximum atomic E-state index is 11.6. The van der Waals surface area contributed by atoms with Gasteiger partial charge in [0.25, 0.3) is 0 Å². The molecule has 0 aliphatic carbocycles. The van der Waals surface area contributed by atoms with Crippen molar-refractivity contribution in [2.24, 2.45) is 0 Å². The van der Waals surface area contributed by atoms with Crippen molar-refractivity contribution in [3.05, 3.63) is 29.3 Å². The summed E-state index contributed by atoms with van der Waals surface area (Å²) in [4.78, 5) is 11.6. The van der Waals surface area contributed by atoms with Crippen LogP contribution >= 0.6 is 0 Å². The van der Waals surface area contributed by atoms with E-state index in [9.17, 15) is 15.0 Å². The quantitative estimate of drug-likeness (QED) is 0.715. The van der Waals surface area contributed by atoms with Crippen molar-refractivity contribution in [3.63, 3.8) is 0 Å². The lowest BCUT2D eigenvalue weighted by molar-refractivity contribution is 0.0201. The molecule has 0 bridgehead atoms. The van der Waals surface area contributed by atoms with Gasteiger partial charge in [-0.25, -0.2) is 0 Å². The highest BCUT2D eigenvalue weighted by molar-refractivity contribution is 5.99. The van der Waals surface area contributed by atoms with Crippen LogP contribution < -0.4 is 10.1 Å². The Morgan fingerprint density at radius 1 is 1.44 bits per heavy atom. The summed E-state index contributed by atoms with van der Waals surface area (Å²) in [5.74, 6) is 0.535. The van der Waals surface area contributed by atoms with Gasteiger partial charge in [0.15, 0.2) is 5.78 Å². The number of Topliss-reactive ketones (excluding diaryl/α,β-unsaturated/α-hetero) is 1. The zero-order valence-electron chi connectivity index (χ0n) is 10.2. The van der Waals surface area contributed by atoms with Crippen molar-refractivity contribution in [1.82, 2.24) is 5.32 Å². The smallest absolute Gasteiger partial charge is 0.169 e. The van der Waals surface area contributed by atoms with E-state index in [0.717, 1.165) is 0 Å². The first-order valence-electron chi connectivity index (χ1n) is 5.94. The Bertz CT molecular complexity index is 447. The van der Waals surface area contributed by atoms with Gasteiger partial charge >= 0.3 is 0 Å². The molecule has 3 N–H and O–H groups in total. The summed E-state index contributed by atoms with van der Waals surface area (Å²) in [6.45, 7) is 0.655. The molecule has 5 heteroatoms. The van der Waals surface area contributed by atoms with E-state index < -0.39 is 12.2 Å². The fourth-order valence-electron chi connectivity index (χ4n) is 2.00. The maximum absolute atomic E-state index is 11.6. The third-order valence-corrected chi connectivity index (χ3v) is 3.01. The Labute approximate surface area is 105 Å². The average molecular weight is 251 g/mol. The van der Waals surface area contributed by atoms with Crippen LogP contribution in [-0.2, 0) is 0 Å². The number of ether oxygens (including phenoxy) is 1. The Balaban J connectivity index is 2.23. The van der Waals surface area contributed by atoms with Crippen LogP contribution in [-0.4, -0.2) is 42.3 Å². The molecule has 1 heterocycles. The normalized spacial score (nSPS) is 17.8. The van der Waals surface area contributed by atoms with E-state index >= 15 is 0 Å². The molecular formula is C13H17NO4. The van der Waals surface area contributed by atoms with Crippen molar-refractivity contribution in [1.29, 1.82) is 0 Å². The largest absolute Gasteiger partial charge is 0.492 e. The Morgan fingerprint density at radius 3 is 2.94 bits per heavy atom. The second-order valence-corrected chi connectivity index (χ2v) is 4.35. The summed E-state index contributed by atoms with van der Waals surface area (Å²) in [6.07, 6.45) is -1.51. The molecule has 0 fully saturated rings. The highest BCUT2D eigenvalue weighted by Crippen LogP contribution is 2.29. The van der Waals surface area contributed by atoms with Gasteiger partial charge < -0.3 is 20.3 Å². The summed E-state index contributed by atoms with van der Waals surface area (Å²) >= 11 is 0. The van der Waals surface area contributed by atoms with E-state index in [1.54, 1.807) is 25.2 Å². The number of nitrogens with one attached hydrogen (secondary N) is 1. The number of likely N-dealkylation sites (N-methyl/N-ethyl adjacent to an activating group) is 1. The molecule has 1 aliphatic rings.